The number of benzene rings is 1. The summed E-state index contributed by atoms with van der Waals surface area (Å²) in [5.74, 6) is -0.0725. The van der Waals surface area contributed by atoms with Gasteiger partial charge in [0, 0.05) is 18.9 Å². The van der Waals surface area contributed by atoms with Gasteiger partial charge >= 0.3 is 0 Å². The number of anilines is 1. The minimum atomic E-state index is -0.181. The van der Waals surface area contributed by atoms with Crippen LogP contribution in [0.4, 0.5) is 5.69 Å². The van der Waals surface area contributed by atoms with Crippen molar-refractivity contribution in [3.05, 3.63) is 23.8 Å². The highest BCUT2D eigenvalue weighted by molar-refractivity contribution is 5.91. The van der Waals surface area contributed by atoms with Gasteiger partial charge in [0.05, 0.1) is 5.69 Å². The van der Waals surface area contributed by atoms with Gasteiger partial charge in [-0.05, 0) is 24.5 Å². The molecule has 1 aliphatic carbocycles. The van der Waals surface area contributed by atoms with Crippen LogP contribution in [0, 0.1) is 0 Å². The average molecular weight is 234 g/mol. The van der Waals surface area contributed by atoms with Crippen molar-refractivity contribution in [3.63, 3.8) is 0 Å². The zero-order valence-corrected chi connectivity index (χ0v) is 9.99. The van der Waals surface area contributed by atoms with Crippen molar-refractivity contribution in [1.29, 1.82) is 0 Å². The van der Waals surface area contributed by atoms with Crippen LogP contribution in [0.5, 0.6) is 5.75 Å². The Kier molecular flexibility index (Phi) is 3.07. The van der Waals surface area contributed by atoms with Crippen molar-refractivity contribution < 1.29 is 9.90 Å². The molecular formula is C13H18N2O2. The summed E-state index contributed by atoms with van der Waals surface area (Å²) in [7, 11) is 0. The molecule has 0 radical (unpaired) electrons. The van der Waals surface area contributed by atoms with Crippen molar-refractivity contribution in [2.45, 2.75) is 31.6 Å². The molecule has 0 bridgehead atoms. The predicted molar refractivity (Wildman–Crippen MR) is 67.0 cm³/mol. The van der Waals surface area contributed by atoms with Crippen LogP contribution in [0.25, 0.3) is 0 Å². The number of carbonyl (C=O) groups is 1. The Morgan fingerprint density at radius 1 is 1.53 bits per heavy atom. The molecule has 1 saturated carbocycles. The molecule has 0 heterocycles. The first kappa shape index (κ1) is 11.9. The molecular weight excluding hydrogens is 216 g/mol. The fraction of sp³-hybridized carbons (Fsp3) is 0.462. The van der Waals surface area contributed by atoms with Crippen LogP contribution in [-0.2, 0) is 10.2 Å². The number of nitrogens with two attached hydrogens (primary N) is 1. The normalized spacial score (nSPS) is 17.3. The summed E-state index contributed by atoms with van der Waals surface area (Å²) < 4.78 is 0. The first-order valence-electron chi connectivity index (χ1n) is 5.89. The molecule has 1 fully saturated rings. The van der Waals surface area contributed by atoms with Crippen molar-refractivity contribution in [2.24, 2.45) is 5.73 Å². The number of aromatic hydroxyl groups is 1. The van der Waals surface area contributed by atoms with Crippen molar-refractivity contribution >= 4 is 11.6 Å². The largest absolute Gasteiger partial charge is 0.506 e. The first-order chi connectivity index (χ1) is 8.09. The van der Waals surface area contributed by atoms with E-state index in [-0.39, 0.29) is 17.1 Å². The van der Waals surface area contributed by atoms with Gasteiger partial charge in [0.15, 0.2) is 0 Å². The lowest BCUT2D eigenvalue weighted by Crippen LogP contribution is -2.42. The summed E-state index contributed by atoms with van der Waals surface area (Å²) in [6, 6.07) is 5.32. The molecule has 92 valence electrons. The number of phenols is 1. The summed E-state index contributed by atoms with van der Waals surface area (Å²) in [4.78, 5) is 11.2. The van der Waals surface area contributed by atoms with E-state index in [2.05, 4.69) is 5.32 Å². The third-order valence-electron chi connectivity index (χ3n) is 3.62. The Hall–Kier alpha value is -1.55. The van der Waals surface area contributed by atoms with E-state index < -0.39 is 0 Å². The van der Waals surface area contributed by atoms with E-state index in [4.69, 9.17) is 5.73 Å². The smallest absolute Gasteiger partial charge is 0.221 e. The summed E-state index contributed by atoms with van der Waals surface area (Å²) in [6.45, 7) is 1.98. The lowest BCUT2D eigenvalue weighted by molar-refractivity contribution is -0.114. The predicted octanol–water partition coefficient (Wildman–Crippen LogP) is 1.73. The molecule has 4 nitrogen and oxygen atoms in total. The number of hydrogen-bond acceptors (Lipinski definition) is 3. The Morgan fingerprint density at radius 3 is 2.71 bits per heavy atom. The van der Waals surface area contributed by atoms with Crippen LogP contribution in [-0.4, -0.2) is 17.6 Å². The lowest BCUT2D eigenvalue weighted by atomic mass is 9.64. The molecule has 0 aromatic heterocycles. The molecule has 17 heavy (non-hydrogen) atoms. The topological polar surface area (TPSA) is 75.3 Å². The number of rotatable bonds is 3. The van der Waals surface area contributed by atoms with Gasteiger partial charge in [-0.1, -0.05) is 18.6 Å². The van der Waals surface area contributed by atoms with Gasteiger partial charge in [-0.25, -0.2) is 0 Å². The Morgan fingerprint density at radius 2 is 2.24 bits per heavy atom. The highest BCUT2D eigenvalue weighted by atomic mass is 16.3. The number of para-hydroxylation sites is 1. The van der Waals surface area contributed by atoms with Gasteiger partial charge in [0.2, 0.25) is 5.91 Å². The van der Waals surface area contributed by atoms with Crippen LogP contribution >= 0.6 is 0 Å². The second kappa shape index (κ2) is 4.37. The number of hydrogen-bond donors (Lipinski definition) is 3. The van der Waals surface area contributed by atoms with Crippen LogP contribution in [0.3, 0.4) is 0 Å². The molecule has 0 unspecified atom stereocenters. The zero-order valence-electron chi connectivity index (χ0n) is 9.99. The maximum Gasteiger partial charge on any atom is 0.221 e. The van der Waals surface area contributed by atoms with E-state index in [0.29, 0.717) is 12.2 Å². The van der Waals surface area contributed by atoms with Gasteiger partial charge in [0.1, 0.15) is 5.75 Å². The molecule has 1 aromatic rings. The number of carbonyl (C=O) groups excluding carboxylic acids is 1. The van der Waals surface area contributed by atoms with E-state index in [1.54, 1.807) is 12.1 Å². The minimum absolute atomic E-state index is 0.0729. The monoisotopic (exact) mass is 234 g/mol. The van der Waals surface area contributed by atoms with E-state index in [1.807, 2.05) is 6.07 Å². The molecule has 0 aliphatic heterocycles. The number of nitrogens with one attached hydrogen (secondary N) is 1. The highest BCUT2D eigenvalue weighted by Crippen LogP contribution is 2.47. The first-order valence-corrected chi connectivity index (χ1v) is 5.89. The van der Waals surface area contributed by atoms with Crippen LogP contribution < -0.4 is 11.1 Å². The molecule has 0 saturated heterocycles. The van der Waals surface area contributed by atoms with Gasteiger partial charge < -0.3 is 16.2 Å². The van der Waals surface area contributed by atoms with Crippen molar-refractivity contribution in [3.8, 4) is 5.75 Å². The molecule has 1 aliphatic rings. The molecule has 4 heteroatoms. The second-order valence-corrected chi connectivity index (χ2v) is 4.72. The highest BCUT2D eigenvalue weighted by Gasteiger charge is 2.39. The molecule has 0 spiro atoms. The Balaban J connectivity index is 2.45. The SMILES string of the molecule is CC(=O)Nc1c(O)cccc1C1(CN)CCC1. The maximum absolute atomic E-state index is 11.2. The van der Waals surface area contributed by atoms with E-state index >= 15 is 0 Å². The van der Waals surface area contributed by atoms with Crippen LogP contribution in [0.15, 0.2) is 18.2 Å². The summed E-state index contributed by atoms with van der Waals surface area (Å²) >= 11 is 0. The lowest BCUT2D eigenvalue weighted by Gasteiger charge is -2.42. The summed E-state index contributed by atoms with van der Waals surface area (Å²) in [5.41, 5.74) is 7.26. The average Bonchev–Trinajstić information content (AvgIpc) is 2.21. The van der Waals surface area contributed by atoms with E-state index in [1.165, 1.54) is 6.92 Å². The van der Waals surface area contributed by atoms with Gasteiger partial charge in [0.25, 0.3) is 0 Å². The van der Waals surface area contributed by atoms with E-state index in [9.17, 15) is 9.90 Å². The molecule has 1 amide bonds. The maximum atomic E-state index is 11.2. The van der Waals surface area contributed by atoms with E-state index in [0.717, 1.165) is 24.8 Å². The fourth-order valence-corrected chi connectivity index (χ4v) is 2.48. The third-order valence-corrected chi connectivity index (χ3v) is 3.62. The molecule has 1 aromatic carbocycles. The van der Waals surface area contributed by atoms with Gasteiger partial charge in [-0.3, -0.25) is 4.79 Å². The minimum Gasteiger partial charge on any atom is -0.506 e. The van der Waals surface area contributed by atoms with Gasteiger partial charge in [-0.15, -0.1) is 0 Å². The number of phenolic OH excluding ortho intramolecular Hbond substituents is 1. The quantitative estimate of drug-likeness (QED) is 0.697. The molecule has 2 rings (SSSR count). The standard InChI is InChI=1S/C13H18N2O2/c1-9(16)15-12-10(4-2-5-11(12)17)13(8-14)6-3-7-13/h2,4-5,17H,3,6-8,14H2,1H3,(H,15,16). The zero-order chi connectivity index (χ0) is 12.5. The van der Waals surface area contributed by atoms with Gasteiger partial charge in [-0.2, -0.15) is 0 Å². The second-order valence-electron chi connectivity index (χ2n) is 4.72. The van der Waals surface area contributed by atoms with Crippen LogP contribution in [0.2, 0.25) is 0 Å². The Labute approximate surface area is 101 Å². The third kappa shape index (κ3) is 2.00. The fourth-order valence-electron chi connectivity index (χ4n) is 2.48. The van der Waals surface area contributed by atoms with Crippen molar-refractivity contribution in [2.75, 3.05) is 11.9 Å². The summed E-state index contributed by atoms with van der Waals surface area (Å²) in [5, 5.41) is 12.6. The van der Waals surface area contributed by atoms with Crippen LogP contribution in [0.1, 0.15) is 31.7 Å². The molecule has 0 atom stereocenters. The Bertz CT molecular complexity index is 434. The van der Waals surface area contributed by atoms with Crippen molar-refractivity contribution in [1.82, 2.24) is 0 Å². The number of amides is 1. The molecule has 4 N–H and O–H groups in total. The summed E-state index contributed by atoms with van der Waals surface area (Å²) in [6.07, 6.45) is 3.17.